The number of rotatable bonds is 4. The van der Waals surface area contributed by atoms with Gasteiger partial charge in [-0.15, -0.1) is 0 Å². The van der Waals surface area contributed by atoms with Crippen LogP contribution >= 0.6 is 0 Å². The van der Waals surface area contributed by atoms with Crippen LogP contribution in [0.5, 0.6) is 5.75 Å². The predicted octanol–water partition coefficient (Wildman–Crippen LogP) is 4.38. The molecule has 1 heterocycles. The highest BCUT2D eigenvalue weighted by Gasteiger charge is 2.25. The second-order valence-electron chi connectivity index (χ2n) is 5.73. The van der Waals surface area contributed by atoms with E-state index in [9.17, 15) is 9.59 Å². The number of hydrogen-bond acceptors (Lipinski definition) is 5. The average Bonchev–Trinajstić information content (AvgIpc) is 2.99. The summed E-state index contributed by atoms with van der Waals surface area (Å²) in [5.74, 6) is -0.146. The Kier molecular flexibility index (Phi) is 4.48. The molecule has 0 aliphatic carbocycles. The number of nitrogens with zero attached hydrogens (tertiary/aromatic N) is 1. The zero-order chi connectivity index (χ0) is 18.0. The van der Waals surface area contributed by atoms with Crippen molar-refractivity contribution in [3.05, 3.63) is 71.0 Å². The zero-order valence-corrected chi connectivity index (χ0v) is 14.2. The van der Waals surface area contributed by atoms with Crippen molar-refractivity contribution in [2.45, 2.75) is 20.8 Å². The van der Waals surface area contributed by atoms with E-state index in [1.54, 1.807) is 32.0 Å². The van der Waals surface area contributed by atoms with Crippen LogP contribution in [0.1, 0.15) is 39.0 Å². The summed E-state index contributed by atoms with van der Waals surface area (Å²) >= 11 is 0. The van der Waals surface area contributed by atoms with Gasteiger partial charge in [-0.3, -0.25) is 4.79 Å². The molecular weight excluding hydrogens is 318 g/mol. The maximum Gasteiger partial charge on any atom is 0.349 e. The third-order valence-electron chi connectivity index (χ3n) is 3.90. The molecule has 3 aromatic rings. The monoisotopic (exact) mass is 335 g/mol. The second kappa shape index (κ2) is 6.73. The molecule has 0 aliphatic heterocycles. The molecule has 0 N–H and O–H groups in total. The minimum atomic E-state index is -0.602. The van der Waals surface area contributed by atoms with Gasteiger partial charge in [0.05, 0.1) is 5.56 Å². The molecule has 126 valence electrons. The molecule has 0 amide bonds. The number of benzene rings is 2. The average molecular weight is 335 g/mol. The van der Waals surface area contributed by atoms with Crippen LogP contribution in [0.4, 0.5) is 0 Å². The fourth-order valence-corrected chi connectivity index (χ4v) is 2.61. The van der Waals surface area contributed by atoms with Gasteiger partial charge in [0.2, 0.25) is 0 Å². The Bertz CT molecular complexity index is 942. The quantitative estimate of drug-likeness (QED) is 0.402. The largest absolute Gasteiger partial charge is 0.422 e. The van der Waals surface area contributed by atoms with E-state index in [1.165, 1.54) is 6.92 Å². The molecule has 2 aromatic carbocycles. The summed E-state index contributed by atoms with van der Waals surface area (Å²) in [4.78, 5) is 24.6. The van der Waals surface area contributed by atoms with E-state index in [1.807, 2.05) is 30.3 Å². The lowest BCUT2D eigenvalue weighted by molar-refractivity contribution is 0.0730. The lowest BCUT2D eigenvalue weighted by atomic mass is 10.1. The molecule has 25 heavy (non-hydrogen) atoms. The molecule has 5 heteroatoms. The molecule has 0 radical (unpaired) electrons. The molecule has 0 aliphatic rings. The van der Waals surface area contributed by atoms with Crippen molar-refractivity contribution in [2.24, 2.45) is 0 Å². The summed E-state index contributed by atoms with van der Waals surface area (Å²) in [6.45, 7) is 4.87. The Labute approximate surface area is 145 Å². The van der Waals surface area contributed by atoms with Gasteiger partial charge >= 0.3 is 5.97 Å². The van der Waals surface area contributed by atoms with Gasteiger partial charge in [0.1, 0.15) is 22.8 Å². The van der Waals surface area contributed by atoms with Gasteiger partial charge in [0.25, 0.3) is 0 Å². The number of carbonyl (C=O) groups excluding carboxylic acids is 2. The molecular formula is C20H17NO4. The standard InChI is InChI=1S/C20H17NO4/c1-12-8-7-11-16(13(2)22)19(12)24-20(23)17-14(3)25-21-18(17)15-9-5-4-6-10-15/h4-11H,1-3H3. The fourth-order valence-electron chi connectivity index (χ4n) is 2.61. The van der Waals surface area contributed by atoms with Crippen molar-refractivity contribution < 1.29 is 18.8 Å². The lowest BCUT2D eigenvalue weighted by Crippen LogP contribution is -2.13. The van der Waals surface area contributed by atoms with Crippen molar-refractivity contribution in [2.75, 3.05) is 0 Å². The summed E-state index contributed by atoms with van der Waals surface area (Å²) in [5, 5.41) is 3.99. The normalized spacial score (nSPS) is 10.5. The fraction of sp³-hybridized carbons (Fsp3) is 0.150. The summed E-state index contributed by atoms with van der Waals surface area (Å²) < 4.78 is 10.8. The van der Waals surface area contributed by atoms with Crippen molar-refractivity contribution in [3.63, 3.8) is 0 Å². The van der Waals surface area contributed by atoms with Crippen LogP contribution < -0.4 is 4.74 Å². The van der Waals surface area contributed by atoms with Gasteiger partial charge in [0.15, 0.2) is 5.78 Å². The summed E-state index contributed by atoms with van der Waals surface area (Å²) in [7, 11) is 0. The Morgan fingerprint density at radius 1 is 1.00 bits per heavy atom. The third-order valence-corrected chi connectivity index (χ3v) is 3.90. The first-order chi connectivity index (χ1) is 12.0. The van der Waals surface area contributed by atoms with Crippen LogP contribution in [-0.2, 0) is 0 Å². The van der Waals surface area contributed by atoms with E-state index >= 15 is 0 Å². The van der Waals surface area contributed by atoms with E-state index in [-0.39, 0.29) is 17.1 Å². The molecule has 0 spiro atoms. The number of ketones is 1. The Morgan fingerprint density at radius 3 is 2.40 bits per heavy atom. The minimum Gasteiger partial charge on any atom is -0.422 e. The number of carbonyl (C=O) groups is 2. The molecule has 0 unspecified atom stereocenters. The number of hydrogen-bond donors (Lipinski definition) is 0. The molecule has 3 rings (SSSR count). The van der Waals surface area contributed by atoms with Crippen molar-refractivity contribution in [1.29, 1.82) is 0 Å². The van der Waals surface area contributed by atoms with E-state index in [2.05, 4.69) is 5.16 Å². The first kappa shape index (κ1) is 16.6. The molecule has 0 atom stereocenters. The van der Waals surface area contributed by atoms with Crippen LogP contribution in [-0.4, -0.2) is 16.9 Å². The van der Waals surface area contributed by atoms with Gasteiger partial charge < -0.3 is 9.26 Å². The maximum absolute atomic E-state index is 12.8. The van der Waals surface area contributed by atoms with E-state index in [0.29, 0.717) is 22.6 Å². The van der Waals surface area contributed by atoms with Gasteiger partial charge in [-0.1, -0.05) is 47.6 Å². The third kappa shape index (κ3) is 3.21. The number of aromatic nitrogens is 1. The van der Waals surface area contributed by atoms with Crippen molar-refractivity contribution in [3.8, 4) is 17.0 Å². The lowest BCUT2D eigenvalue weighted by Gasteiger charge is -2.11. The van der Waals surface area contributed by atoms with Crippen LogP contribution in [0.3, 0.4) is 0 Å². The van der Waals surface area contributed by atoms with Crippen LogP contribution in [0.25, 0.3) is 11.3 Å². The minimum absolute atomic E-state index is 0.170. The topological polar surface area (TPSA) is 69.4 Å². The highest BCUT2D eigenvalue weighted by molar-refractivity contribution is 6.01. The smallest absolute Gasteiger partial charge is 0.349 e. The summed E-state index contributed by atoms with van der Waals surface area (Å²) in [6.07, 6.45) is 0. The second-order valence-corrected chi connectivity index (χ2v) is 5.73. The van der Waals surface area contributed by atoms with Crippen molar-refractivity contribution >= 4 is 11.8 Å². The van der Waals surface area contributed by atoms with Gasteiger partial charge in [-0.2, -0.15) is 0 Å². The first-order valence-electron chi connectivity index (χ1n) is 7.83. The number of aryl methyl sites for hydroxylation is 2. The summed E-state index contributed by atoms with van der Waals surface area (Å²) in [5.41, 5.74) is 2.49. The molecule has 0 bridgehead atoms. The van der Waals surface area contributed by atoms with E-state index < -0.39 is 5.97 Å². The van der Waals surface area contributed by atoms with Gasteiger partial charge in [-0.05, 0) is 32.4 Å². The molecule has 0 fully saturated rings. The van der Waals surface area contributed by atoms with Crippen molar-refractivity contribution in [1.82, 2.24) is 5.16 Å². The SMILES string of the molecule is CC(=O)c1cccc(C)c1OC(=O)c1c(-c2ccccc2)noc1C. The van der Waals surface area contributed by atoms with E-state index in [0.717, 1.165) is 5.56 Å². The molecule has 1 aromatic heterocycles. The summed E-state index contributed by atoms with van der Waals surface area (Å²) in [6, 6.07) is 14.4. The number of Topliss-reactive ketones (excluding diaryl/α,β-unsaturated/α-hetero) is 1. The number of esters is 1. The number of ether oxygens (including phenoxy) is 1. The highest BCUT2D eigenvalue weighted by Crippen LogP contribution is 2.29. The van der Waals surface area contributed by atoms with Gasteiger partial charge in [0, 0.05) is 5.56 Å². The van der Waals surface area contributed by atoms with Gasteiger partial charge in [-0.25, -0.2) is 4.79 Å². The Hall–Kier alpha value is -3.21. The Balaban J connectivity index is 2.02. The Morgan fingerprint density at radius 2 is 1.72 bits per heavy atom. The molecule has 5 nitrogen and oxygen atoms in total. The van der Waals surface area contributed by atoms with Crippen LogP contribution in [0, 0.1) is 13.8 Å². The zero-order valence-electron chi connectivity index (χ0n) is 14.2. The van der Waals surface area contributed by atoms with E-state index in [4.69, 9.17) is 9.26 Å². The highest BCUT2D eigenvalue weighted by atomic mass is 16.5. The molecule has 0 saturated heterocycles. The predicted molar refractivity (Wildman–Crippen MR) is 92.8 cm³/mol. The number of para-hydroxylation sites is 1. The first-order valence-corrected chi connectivity index (χ1v) is 7.83. The molecule has 0 saturated carbocycles. The maximum atomic E-state index is 12.8. The van der Waals surface area contributed by atoms with Crippen LogP contribution in [0.15, 0.2) is 53.1 Å². The van der Waals surface area contributed by atoms with Crippen LogP contribution in [0.2, 0.25) is 0 Å².